The van der Waals surface area contributed by atoms with E-state index in [-0.39, 0.29) is 5.69 Å². The molecule has 0 N–H and O–H groups in total. The number of hydrogen-bond donors (Lipinski definition) is 0. The molecule has 0 radical (unpaired) electrons. The molecule has 25 heavy (non-hydrogen) atoms. The summed E-state index contributed by atoms with van der Waals surface area (Å²) in [4.78, 5) is 13.1. The van der Waals surface area contributed by atoms with E-state index in [2.05, 4.69) is 21.5 Å². The molecule has 0 bridgehead atoms. The smallest absolute Gasteiger partial charge is 0.162 e. The number of aryl methyl sites for hydroxylation is 1. The van der Waals surface area contributed by atoms with Gasteiger partial charge >= 0.3 is 0 Å². The van der Waals surface area contributed by atoms with Gasteiger partial charge in [0.15, 0.2) is 11.6 Å². The van der Waals surface area contributed by atoms with Gasteiger partial charge in [-0.2, -0.15) is 0 Å². The number of hydrogen-bond acceptors (Lipinski definition) is 3. The van der Waals surface area contributed by atoms with Gasteiger partial charge in [0.25, 0.3) is 0 Å². The maximum absolute atomic E-state index is 14.1. The Bertz CT molecular complexity index is 1050. The van der Waals surface area contributed by atoms with Crippen molar-refractivity contribution in [2.45, 2.75) is 20.0 Å². The van der Waals surface area contributed by atoms with Gasteiger partial charge in [-0.15, -0.1) is 0 Å². The molecule has 0 spiro atoms. The molecule has 0 unspecified atom stereocenters. The van der Waals surface area contributed by atoms with E-state index in [0.717, 1.165) is 23.4 Å². The number of imidazole rings is 2. The minimum atomic E-state index is -0.397. The predicted octanol–water partition coefficient (Wildman–Crippen LogP) is 4.16. The third kappa shape index (κ3) is 2.78. The molecular weight excluding hydrogens is 341 g/mol. The molecule has 0 aliphatic heterocycles. The number of fused-ring (bicyclic) bond motifs is 1. The minimum Gasteiger partial charge on any atom is -0.327 e. The molecule has 7 heteroatoms. The molecule has 0 amide bonds. The minimum absolute atomic E-state index is 0.231. The van der Waals surface area contributed by atoms with Crippen molar-refractivity contribution < 1.29 is 4.39 Å². The first-order valence-corrected chi connectivity index (χ1v) is 8.32. The van der Waals surface area contributed by atoms with Crippen LogP contribution in [0, 0.1) is 5.82 Å². The Morgan fingerprint density at radius 1 is 1.16 bits per heavy atom. The second-order valence-electron chi connectivity index (χ2n) is 5.62. The summed E-state index contributed by atoms with van der Waals surface area (Å²) in [6.07, 6.45) is 5.00. The lowest BCUT2D eigenvalue weighted by atomic mass is 10.3. The van der Waals surface area contributed by atoms with Crippen LogP contribution < -0.4 is 0 Å². The van der Waals surface area contributed by atoms with E-state index >= 15 is 0 Å². The molecule has 126 valence electrons. The number of pyridine rings is 1. The van der Waals surface area contributed by atoms with Crippen LogP contribution in [0.25, 0.3) is 22.6 Å². The van der Waals surface area contributed by atoms with Crippen LogP contribution in [0.3, 0.4) is 0 Å². The standard InChI is InChI=1S/C18H15ClFN5/c1-2-25-15-10-12(19)5-6-14(15)23-16(25)11-24-9-8-22-18(24)17-13(20)4-3-7-21-17/h3-10H,2,11H2,1H3. The molecule has 3 heterocycles. The SMILES string of the molecule is CCn1c(Cn2ccnc2-c2ncccc2F)nc2ccc(Cl)cc21. The van der Waals surface area contributed by atoms with Crippen LogP contribution in [0.15, 0.2) is 48.9 Å². The van der Waals surface area contributed by atoms with Crippen molar-refractivity contribution in [1.29, 1.82) is 0 Å². The van der Waals surface area contributed by atoms with E-state index in [1.807, 2.05) is 22.8 Å². The number of benzene rings is 1. The lowest BCUT2D eigenvalue weighted by Gasteiger charge is -2.10. The van der Waals surface area contributed by atoms with E-state index in [1.165, 1.54) is 6.07 Å². The van der Waals surface area contributed by atoms with Crippen molar-refractivity contribution in [3.05, 3.63) is 65.6 Å². The fourth-order valence-corrected chi connectivity index (χ4v) is 3.14. The quantitative estimate of drug-likeness (QED) is 0.552. The van der Waals surface area contributed by atoms with Crippen molar-refractivity contribution in [3.63, 3.8) is 0 Å². The normalized spacial score (nSPS) is 11.3. The van der Waals surface area contributed by atoms with Crippen LogP contribution in [-0.2, 0) is 13.1 Å². The Hall–Kier alpha value is -2.73. The van der Waals surface area contributed by atoms with Crippen LogP contribution >= 0.6 is 11.6 Å². The molecule has 0 saturated carbocycles. The van der Waals surface area contributed by atoms with Crippen LogP contribution in [-0.4, -0.2) is 24.1 Å². The van der Waals surface area contributed by atoms with Gasteiger partial charge in [-0.1, -0.05) is 11.6 Å². The van der Waals surface area contributed by atoms with Gasteiger partial charge in [0, 0.05) is 30.2 Å². The first-order chi connectivity index (χ1) is 12.2. The molecular formula is C18H15ClFN5. The Balaban J connectivity index is 1.79. The predicted molar refractivity (Wildman–Crippen MR) is 94.9 cm³/mol. The topological polar surface area (TPSA) is 48.5 Å². The lowest BCUT2D eigenvalue weighted by molar-refractivity contribution is 0.618. The van der Waals surface area contributed by atoms with Gasteiger partial charge in [-0.05, 0) is 37.3 Å². The van der Waals surface area contributed by atoms with Crippen molar-refractivity contribution >= 4 is 22.6 Å². The summed E-state index contributed by atoms with van der Waals surface area (Å²) in [7, 11) is 0. The molecule has 3 aromatic heterocycles. The van der Waals surface area contributed by atoms with Gasteiger partial charge in [0.05, 0.1) is 17.6 Å². The maximum atomic E-state index is 14.1. The summed E-state index contributed by atoms with van der Waals surface area (Å²) in [5, 5.41) is 0.674. The third-order valence-electron chi connectivity index (χ3n) is 4.10. The largest absolute Gasteiger partial charge is 0.327 e. The molecule has 5 nitrogen and oxygen atoms in total. The van der Waals surface area contributed by atoms with Crippen molar-refractivity contribution in [3.8, 4) is 11.5 Å². The lowest BCUT2D eigenvalue weighted by Crippen LogP contribution is -2.09. The fourth-order valence-electron chi connectivity index (χ4n) is 2.98. The Morgan fingerprint density at radius 2 is 2.04 bits per heavy atom. The van der Waals surface area contributed by atoms with E-state index in [0.29, 0.717) is 17.4 Å². The molecule has 4 rings (SSSR count). The summed E-state index contributed by atoms with van der Waals surface area (Å²) < 4.78 is 18.0. The second-order valence-corrected chi connectivity index (χ2v) is 6.05. The summed E-state index contributed by atoms with van der Waals surface area (Å²) in [6, 6.07) is 8.58. The summed E-state index contributed by atoms with van der Waals surface area (Å²) in [6.45, 7) is 3.28. The molecule has 1 aromatic carbocycles. The van der Waals surface area contributed by atoms with E-state index < -0.39 is 5.82 Å². The van der Waals surface area contributed by atoms with Gasteiger partial charge in [-0.25, -0.2) is 19.3 Å². The van der Waals surface area contributed by atoms with Gasteiger partial charge in [-0.3, -0.25) is 0 Å². The summed E-state index contributed by atoms with van der Waals surface area (Å²) >= 11 is 6.12. The highest BCUT2D eigenvalue weighted by Gasteiger charge is 2.16. The highest BCUT2D eigenvalue weighted by molar-refractivity contribution is 6.31. The van der Waals surface area contributed by atoms with Gasteiger partial charge in [0.1, 0.15) is 11.5 Å². The first-order valence-electron chi connectivity index (χ1n) is 7.94. The monoisotopic (exact) mass is 355 g/mol. The van der Waals surface area contributed by atoms with Gasteiger partial charge in [0.2, 0.25) is 0 Å². The second kappa shape index (κ2) is 6.29. The Morgan fingerprint density at radius 3 is 2.84 bits per heavy atom. The molecule has 0 aliphatic rings. The van der Waals surface area contributed by atoms with E-state index in [9.17, 15) is 4.39 Å². The first kappa shape index (κ1) is 15.8. The molecule has 4 aromatic rings. The van der Waals surface area contributed by atoms with Crippen LogP contribution in [0.5, 0.6) is 0 Å². The van der Waals surface area contributed by atoms with E-state index in [1.54, 1.807) is 24.7 Å². The summed E-state index contributed by atoms with van der Waals surface area (Å²) in [5.74, 6) is 0.937. The Kier molecular flexibility index (Phi) is 3.97. The van der Waals surface area contributed by atoms with Crippen LogP contribution in [0.1, 0.15) is 12.7 Å². The number of nitrogens with zero attached hydrogens (tertiary/aromatic N) is 5. The van der Waals surface area contributed by atoms with Crippen LogP contribution in [0.4, 0.5) is 4.39 Å². The maximum Gasteiger partial charge on any atom is 0.162 e. The number of halogens is 2. The van der Waals surface area contributed by atoms with Crippen molar-refractivity contribution in [1.82, 2.24) is 24.1 Å². The molecule has 0 fully saturated rings. The van der Waals surface area contributed by atoms with Crippen molar-refractivity contribution in [2.24, 2.45) is 0 Å². The average molecular weight is 356 g/mol. The number of rotatable bonds is 4. The molecule has 0 atom stereocenters. The average Bonchev–Trinajstić information content (AvgIpc) is 3.19. The molecule has 0 aliphatic carbocycles. The molecule has 0 saturated heterocycles. The Labute approximate surface area is 148 Å². The van der Waals surface area contributed by atoms with Gasteiger partial charge < -0.3 is 9.13 Å². The van der Waals surface area contributed by atoms with Crippen molar-refractivity contribution in [2.75, 3.05) is 0 Å². The zero-order valence-electron chi connectivity index (χ0n) is 13.5. The summed E-state index contributed by atoms with van der Waals surface area (Å²) in [5.41, 5.74) is 2.09. The number of aromatic nitrogens is 5. The highest BCUT2D eigenvalue weighted by atomic mass is 35.5. The zero-order valence-corrected chi connectivity index (χ0v) is 14.3. The fraction of sp³-hybridized carbons (Fsp3) is 0.167. The zero-order chi connectivity index (χ0) is 17.4. The van der Waals surface area contributed by atoms with Crippen LogP contribution in [0.2, 0.25) is 5.02 Å². The highest BCUT2D eigenvalue weighted by Crippen LogP contribution is 2.23. The third-order valence-corrected chi connectivity index (χ3v) is 4.34. The van der Waals surface area contributed by atoms with E-state index in [4.69, 9.17) is 16.6 Å².